The monoisotopic (exact) mass is 331 g/mol. The Labute approximate surface area is 139 Å². The van der Waals surface area contributed by atoms with Crippen molar-refractivity contribution < 1.29 is 4.79 Å². The van der Waals surface area contributed by atoms with E-state index in [0.29, 0.717) is 23.4 Å². The maximum absolute atomic E-state index is 12.3. The molecule has 3 atom stereocenters. The van der Waals surface area contributed by atoms with Gasteiger partial charge in [0.25, 0.3) is 0 Å². The molecule has 6 nitrogen and oxygen atoms in total. The van der Waals surface area contributed by atoms with Crippen LogP contribution in [0.2, 0.25) is 5.02 Å². The summed E-state index contributed by atoms with van der Waals surface area (Å²) in [6.45, 7) is 2.38. The van der Waals surface area contributed by atoms with E-state index in [-0.39, 0.29) is 11.8 Å². The first kappa shape index (κ1) is 14.7. The fraction of sp³-hybridized carbons (Fsp3) is 0.438. The summed E-state index contributed by atoms with van der Waals surface area (Å²) in [5.74, 6) is 1.39. The first-order valence-electron chi connectivity index (χ1n) is 7.88. The number of amides is 1. The third-order valence-corrected chi connectivity index (χ3v) is 5.07. The van der Waals surface area contributed by atoms with Gasteiger partial charge in [0, 0.05) is 5.92 Å². The zero-order valence-corrected chi connectivity index (χ0v) is 13.3. The molecule has 2 heterocycles. The average molecular weight is 332 g/mol. The van der Waals surface area contributed by atoms with Crippen molar-refractivity contribution in [2.45, 2.75) is 13.0 Å². The number of benzene rings is 1. The van der Waals surface area contributed by atoms with Gasteiger partial charge in [0.15, 0.2) is 0 Å². The van der Waals surface area contributed by atoms with Crippen LogP contribution in [0.25, 0.3) is 5.69 Å². The number of halogens is 1. The lowest BCUT2D eigenvalue weighted by Gasteiger charge is -2.07. The molecule has 2 aliphatic rings. The molecule has 7 heteroatoms. The summed E-state index contributed by atoms with van der Waals surface area (Å²) < 4.78 is 1.63. The van der Waals surface area contributed by atoms with Gasteiger partial charge in [0.05, 0.1) is 23.5 Å². The molecule has 1 aliphatic heterocycles. The summed E-state index contributed by atoms with van der Waals surface area (Å²) >= 11 is 6.15. The first-order chi connectivity index (χ1) is 11.2. The van der Waals surface area contributed by atoms with E-state index in [0.717, 1.165) is 30.9 Å². The fourth-order valence-electron chi connectivity index (χ4n) is 3.47. The maximum atomic E-state index is 12.3. The standard InChI is InChI=1S/C16H18ClN5O/c17-13-3-1-2-4-14(13)22-9-10(20-21-22)7-19-16(23)15-11-5-6-18-8-12(11)15/h1-4,9,11-12,15,18H,5-8H2,(H,19,23)/t11-,12+,15?/m1/s1. The van der Waals surface area contributed by atoms with Gasteiger partial charge in [-0.15, -0.1) is 5.10 Å². The molecule has 0 bridgehead atoms. The quantitative estimate of drug-likeness (QED) is 0.888. The Kier molecular flexibility index (Phi) is 3.79. The van der Waals surface area contributed by atoms with Crippen molar-refractivity contribution in [1.82, 2.24) is 25.6 Å². The van der Waals surface area contributed by atoms with Crippen LogP contribution in [0, 0.1) is 17.8 Å². The van der Waals surface area contributed by atoms with E-state index in [9.17, 15) is 4.79 Å². The predicted molar refractivity (Wildman–Crippen MR) is 86.2 cm³/mol. The topological polar surface area (TPSA) is 71.8 Å². The number of para-hydroxylation sites is 1. The van der Waals surface area contributed by atoms with E-state index in [1.807, 2.05) is 24.3 Å². The van der Waals surface area contributed by atoms with E-state index in [1.54, 1.807) is 10.9 Å². The Morgan fingerprint density at radius 3 is 3.04 bits per heavy atom. The maximum Gasteiger partial charge on any atom is 0.224 e. The third kappa shape index (κ3) is 2.84. The van der Waals surface area contributed by atoms with Crippen molar-refractivity contribution in [1.29, 1.82) is 0 Å². The molecule has 1 aromatic heterocycles. The number of hydrogen-bond acceptors (Lipinski definition) is 4. The Balaban J connectivity index is 1.37. The summed E-state index contributed by atoms with van der Waals surface area (Å²) in [4.78, 5) is 12.3. The van der Waals surface area contributed by atoms with Crippen molar-refractivity contribution in [2.24, 2.45) is 17.8 Å². The van der Waals surface area contributed by atoms with Gasteiger partial charge in [-0.05, 0) is 43.5 Å². The van der Waals surface area contributed by atoms with E-state index in [4.69, 9.17) is 11.6 Å². The van der Waals surface area contributed by atoms with Crippen molar-refractivity contribution in [3.05, 3.63) is 41.2 Å². The van der Waals surface area contributed by atoms with Crippen molar-refractivity contribution in [3.8, 4) is 5.69 Å². The molecular formula is C16H18ClN5O. The smallest absolute Gasteiger partial charge is 0.224 e. The average Bonchev–Trinajstić information content (AvgIpc) is 3.12. The van der Waals surface area contributed by atoms with Crippen LogP contribution in [0.3, 0.4) is 0 Å². The molecule has 1 saturated heterocycles. The number of piperidine rings is 1. The molecule has 0 radical (unpaired) electrons. The second-order valence-electron chi connectivity index (χ2n) is 6.17. The lowest BCUT2D eigenvalue weighted by Crippen LogP contribution is -2.26. The minimum Gasteiger partial charge on any atom is -0.350 e. The molecule has 1 aliphatic carbocycles. The van der Waals surface area contributed by atoms with Gasteiger partial charge in [0.1, 0.15) is 5.69 Å². The molecule has 1 aromatic carbocycles. The highest BCUT2D eigenvalue weighted by molar-refractivity contribution is 6.32. The highest BCUT2D eigenvalue weighted by Crippen LogP contribution is 2.49. The van der Waals surface area contributed by atoms with Crippen LogP contribution < -0.4 is 10.6 Å². The van der Waals surface area contributed by atoms with Crippen LogP contribution in [-0.4, -0.2) is 34.0 Å². The lowest BCUT2D eigenvalue weighted by molar-refractivity contribution is -0.123. The molecule has 120 valence electrons. The number of carbonyl (C=O) groups is 1. The van der Waals surface area contributed by atoms with Gasteiger partial charge in [-0.25, -0.2) is 4.68 Å². The Morgan fingerprint density at radius 1 is 1.39 bits per heavy atom. The molecule has 2 fully saturated rings. The molecule has 0 spiro atoms. The van der Waals surface area contributed by atoms with Crippen molar-refractivity contribution >= 4 is 17.5 Å². The van der Waals surface area contributed by atoms with E-state index in [2.05, 4.69) is 20.9 Å². The molecule has 4 rings (SSSR count). The second-order valence-corrected chi connectivity index (χ2v) is 6.58. The summed E-state index contributed by atoms with van der Waals surface area (Å²) in [7, 11) is 0. The number of hydrogen-bond donors (Lipinski definition) is 2. The van der Waals surface area contributed by atoms with Gasteiger partial charge in [-0.1, -0.05) is 28.9 Å². The van der Waals surface area contributed by atoms with Crippen LogP contribution in [0.4, 0.5) is 0 Å². The summed E-state index contributed by atoms with van der Waals surface area (Å²) in [5.41, 5.74) is 1.50. The van der Waals surface area contributed by atoms with Crippen LogP contribution in [0.1, 0.15) is 12.1 Å². The second kappa shape index (κ2) is 5.94. The van der Waals surface area contributed by atoms with Crippen LogP contribution in [0.5, 0.6) is 0 Å². The number of carbonyl (C=O) groups excluding carboxylic acids is 1. The number of aromatic nitrogens is 3. The molecule has 2 aromatic rings. The van der Waals surface area contributed by atoms with Crippen LogP contribution in [0.15, 0.2) is 30.5 Å². The largest absolute Gasteiger partial charge is 0.350 e. The van der Waals surface area contributed by atoms with Gasteiger partial charge in [0.2, 0.25) is 5.91 Å². The minimum atomic E-state index is 0.135. The predicted octanol–water partition coefficient (Wildman–Crippen LogP) is 1.39. The highest BCUT2D eigenvalue weighted by Gasteiger charge is 2.54. The number of rotatable bonds is 4. The Bertz CT molecular complexity index is 719. The van der Waals surface area contributed by atoms with Crippen molar-refractivity contribution in [3.63, 3.8) is 0 Å². The zero-order chi connectivity index (χ0) is 15.8. The summed E-state index contributed by atoms with van der Waals surface area (Å²) in [6.07, 6.45) is 2.90. The molecule has 1 saturated carbocycles. The summed E-state index contributed by atoms with van der Waals surface area (Å²) in [6, 6.07) is 7.45. The third-order valence-electron chi connectivity index (χ3n) is 4.75. The Hall–Kier alpha value is -1.92. The number of nitrogens with zero attached hydrogens (tertiary/aromatic N) is 3. The van der Waals surface area contributed by atoms with Crippen molar-refractivity contribution in [2.75, 3.05) is 13.1 Å². The lowest BCUT2D eigenvalue weighted by atomic mass is 10.2. The van der Waals surface area contributed by atoms with Gasteiger partial charge < -0.3 is 10.6 Å². The molecular weight excluding hydrogens is 314 g/mol. The highest BCUT2D eigenvalue weighted by atomic mass is 35.5. The van der Waals surface area contributed by atoms with Gasteiger partial charge >= 0.3 is 0 Å². The molecule has 23 heavy (non-hydrogen) atoms. The Morgan fingerprint density at radius 2 is 2.26 bits per heavy atom. The van der Waals surface area contributed by atoms with Gasteiger partial charge in [-0.3, -0.25) is 4.79 Å². The van der Waals surface area contributed by atoms with Crippen LogP contribution >= 0.6 is 11.6 Å². The van der Waals surface area contributed by atoms with E-state index >= 15 is 0 Å². The SMILES string of the molecule is O=C(NCc1cn(-c2ccccc2Cl)nn1)C1[C@H]2CNCC[C@@H]12. The molecule has 2 N–H and O–H groups in total. The van der Waals surface area contributed by atoms with E-state index < -0.39 is 0 Å². The number of nitrogens with one attached hydrogen (secondary N) is 2. The number of fused-ring (bicyclic) bond motifs is 1. The first-order valence-corrected chi connectivity index (χ1v) is 8.26. The fourth-order valence-corrected chi connectivity index (χ4v) is 3.70. The normalized spacial score (nSPS) is 25.7. The zero-order valence-electron chi connectivity index (χ0n) is 12.6. The summed E-state index contributed by atoms with van der Waals surface area (Å²) in [5, 5.41) is 15.1. The molecule has 1 amide bonds. The van der Waals surface area contributed by atoms with E-state index in [1.165, 1.54) is 0 Å². The minimum absolute atomic E-state index is 0.135. The van der Waals surface area contributed by atoms with Gasteiger partial charge in [-0.2, -0.15) is 0 Å². The van der Waals surface area contributed by atoms with Crippen LogP contribution in [-0.2, 0) is 11.3 Å². The molecule has 1 unspecified atom stereocenters.